The molecular formula is C12H23NO5. The van der Waals surface area contributed by atoms with Gasteiger partial charge in [0.2, 0.25) is 0 Å². The van der Waals surface area contributed by atoms with Gasteiger partial charge in [0.05, 0.1) is 19.6 Å². The van der Waals surface area contributed by atoms with Crippen LogP contribution in [0.25, 0.3) is 0 Å². The standard InChI is InChI=1S/C12H23NO5/c1-8(2)10(14)18-7-12(4,11(15)16-5)6-17-9(3)13/h8-9H,6-7,13H2,1-5H3. The van der Waals surface area contributed by atoms with Gasteiger partial charge in [-0.2, -0.15) is 0 Å². The van der Waals surface area contributed by atoms with Crippen LogP contribution in [0, 0.1) is 11.3 Å². The normalized spacial score (nSPS) is 15.9. The average molecular weight is 261 g/mol. The van der Waals surface area contributed by atoms with Gasteiger partial charge in [-0.3, -0.25) is 9.59 Å². The number of rotatable bonds is 7. The van der Waals surface area contributed by atoms with E-state index in [9.17, 15) is 9.59 Å². The van der Waals surface area contributed by atoms with E-state index in [0.717, 1.165) is 0 Å². The number of nitrogens with two attached hydrogens (primary N) is 1. The van der Waals surface area contributed by atoms with E-state index in [0.29, 0.717) is 0 Å². The van der Waals surface area contributed by atoms with E-state index in [4.69, 9.17) is 15.2 Å². The van der Waals surface area contributed by atoms with Gasteiger partial charge in [0, 0.05) is 0 Å². The SMILES string of the molecule is COC(=O)C(C)(COC(=O)C(C)C)COC(C)N. The molecule has 0 aromatic heterocycles. The molecule has 0 fully saturated rings. The summed E-state index contributed by atoms with van der Waals surface area (Å²) in [5.74, 6) is -1.12. The number of esters is 2. The van der Waals surface area contributed by atoms with Crippen LogP contribution in [0.1, 0.15) is 27.7 Å². The predicted octanol–water partition coefficient (Wildman–Crippen LogP) is 0.686. The molecule has 0 radical (unpaired) electrons. The first-order valence-corrected chi connectivity index (χ1v) is 5.85. The topological polar surface area (TPSA) is 87.8 Å². The van der Waals surface area contributed by atoms with Crippen molar-refractivity contribution in [3.8, 4) is 0 Å². The van der Waals surface area contributed by atoms with Gasteiger partial charge in [-0.1, -0.05) is 13.8 Å². The molecule has 0 saturated carbocycles. The summed E-state index contributed by atoms with van der Waals surface area (Å²) in [5.41, 5.74) is 4.41. The monoisotopic (exact) mass is 261 g/mol. The highest BCUT2D eigenvalue weighted by molar-refractivity contribution is 5.77. The maximum Gasteiger partial charge on any atom is 0.317 e. The first-order chi connectivity index (χ1) is 8.23. The highest BCUT2D eigenvalue weighted by Gasteiger charge is 2.37. The van der Waals surface area contributed by atoms with E-state index in [2.05, 4.69) is 4.74 Å². The van der Waals surface area contributed by atoms with Crippen LogP contribution >= 0.6 is 0 Å². The largest absolute Gasteiger partial charge is 0.468 e. The smallest absolute Gasteiger partial charge is 0.317 e. The Morgan fingerprint density at radius 3 is 2.17 bits per heavy atom. The molecule has 0 aromatic rings. The maximum absolute atomic E-state index is 11.7. The van der Waals surface area contributed by atoms with Crippen molar-refractivity contribution < 1.29 is 23.8 Å². The summed E-state index contributed by atoms with van der Waals surface area (Å²) in [6, 6.07) is 0. The quantitative estimate of drug-likeness (QED) is 0.536. The van der Waals surface area contributed by atoms with Gasteiger partial charge in [-0.15, -0.1) is 0 Å². The molecule has 2 unspecified atom stereocenters. The number of carbonyl (C=O) groups is 2. The van der Waals surface area contributed by atoms with E-state index >= 15 is 0 Å². The van der Waals surface area contributed by atoms with Crippen molar-refractivity contribution in [3.63, 3.8) is 0 Å². The van der Waals surface area contributed by atoms with Crippen LogP contribution in [0.2, 0.25) is 0 Å². The lowest BCUT2D eigenvalue weighted by atomic mass is 9.93. The molecule has 0 aliphatic rings. The number of ether oxygens (including phenoxy) is 3. The summed E-state index contributed by atoms with van der Waals surface area (Å²) >= 11 is 0. The van der Waals surface area contributed by atoms with Gasteiger partial charge in [-0.05, 0) is 13.8 Å². The molecule has 0 aliphatic heterocycles. The van der Waals surface area contributed by atoms with Crippen LogP contribution in [0.4, 0.5) is 0 Å². The van der Waals surface area contributed by atoms with Crippen LogP contribution in [-0.4, -0.2) is 38.5 Å². The minimum atomic E-state index is -1.05. The number of carbonyl (C=O) groups excluding carboxylic acids is 2. The van der Waals surface area contributed by atoms with Crippen molar-refractivity contribution in [1.29, 1.82) is 0 Å². The van der Waals surface area contributed by atoms with Crippen molar-refractivity contribution in [2.75, 3.05) is 20.3 Å². The molecule has 0 bridgehead atoms. The third-order valence-corrected chi connectivity index (χ3v) is 2.35. The van der Waals surface area contributed by atoms with E-state index in [1.54, 1.807) is 27.7 Å². The van der Waals surface area contributed by atoms with Crippen molar-refractivity contribution in [3.05, 3.63) is 0 Å². The van der Waals surface area contributed by atoms with E-state index < -0.39 is 17.6 Å². The lowest BCUT2D eigenvalue weighted by molar-refractivity contribution is -0.167. The number of hydrogen-bond acceptors (Lipinski definition) is 6. The van der Waals surface area contributed by atoms with Crippen LogP contribution in [0.3, 0.4) is 0 Å². The highest BCUT2D eigenvalue weighted by atomic mass is 16.6. The van der Waals surface area contributed by atoms with E-state index in [1.165, 1.54) is 7.11 Å². The first-order valence-electron chi connectivity index (χ1n) is 5.85. The van der Waals surface area contributed by atoms with Gasteiger partial charge in [0.1, 0.15) is 18.2 Å². The van der Waals surface area contributed by atoms with Gasteiger partial charge in [0.25, 0.3) is 0 Å². The van der Waals surface area contributed by atoms with E-state index in [-0.39, 0.29) is 25.1 Å². The Bertz CT molecular complexity index is 290. The summed E-state index contributed by atoms with van der Waals surface area (Å²) in [7, 11) is 1.27. The second-order valence-corrected chi connectivity index (χ2v) is 4.83. The Morgan fingerprint density at radius 2 is 1.78 bits per heavy atom. The van der Waals surface area contributed by atoms with Crippen molar-refractivity contribution in [2.24, 2.45) is 17.1 Å². The minimum Gasteiger partial charge on any atom is -0.468 e. The lowest BCUT2D eigenvalue weighted by Crippen LogP contribution is -2.41. The first kappa shape index (κ1) is 16.9. The predicted molar refractivity (Wildman–Crippen MR) is 65.5 cm³/mol. The highest BCUT2D eigenvalue weighted by Crippen LogP contribution is 2.20. The molecule has 6 heteroatoms. The lowest BCUT2D eigenvalue weighted by Gasteiger charge is -2.27. The Labute approximate surface area is 108 Å². The molecule has 0 amide bonds. The molecule has 0 heterocycles. The Hall–Kier alpha value is -1.14. The van der Waals surface area contributed by atoms with Crippen LogP contribution in [-0.2, 0) is 23.8 Å². The Kier molecular flexibility index (Phi) is 6.86. The summed E-state index contributed by atoms with van der Waals surface area (Å²) in [6.45, 7) is 6.63. The Morgan fingerprint density at radius 1 is 1.22 bits per heavy atom. The number of methoxy groups -OCH3 is 1. The molecule has 0 saturated heterocycles. The molecule has 0 aliphatic carbocycles. The molecule has 6 nitrogen and oxygen atoms in total. The molecule has 2 N–H and O–H groups in total. The summed E-state index contributed by atoms with van der Waals surface area (Å²) in [5, 5.41) is 0. The van der Waals surface area contributed by atoms with E-state index in [1.807, 2.05) is 0 Å². The van der Waals surface area contributed by atoms with Crippen molar-refractivity contribution in [1.82, 2.24) is 0 Å². The fourth-order valence-electron chi connectivity index (χ4n) is 1.12. The zero-order valence-corrected chi connectivity index (χ0v) is 11.7. The molecule has 106 valence electrons. The summed E-state index contributed by atoms with van der Waals surface area (Å²) in [6.07, 6.45) is -0.505. The van der Waals surface area contributed by atoms with Crippen LogP contribution < -0.4 is 5.73 Å². The maximum atomic E-state index is 11.7. The van der Waals surface area contributed by atoms with Crippen LogP contribution in [0.5, 0.6) is 0 Å². The fourth-order valence-corrected chi connectivity index (χ4v) is 1.12. The van der Waals surface area contributed by atoms with Gasteiger partial charge in [-0.25, -0.2) is 0 Å². The molecule has 0 rings (SSSR count). The molecule has 18 heavy (non-hydrogen) atoms. The zero-order valence-electron chi connectivity index (χ0n) is 11.7. The van der Waals surface area contributed by atoms with Gasteiger partial charge >= 0.3 is 11.9 Å². The Balaban J connectivity index is 4.57. The third kappa shape index (κ3) is 5.46. The van der Waals surface area contributed by atoms with Gasteiger partial charge in [0.15, 0.2) is 0 Å². The third-order valence-electron chi connectivity index (χ3n) is 2.35. The van der Waals surface area contributed by atoms with Gasteiger partial charge < -0.3 is 19.9 Å². The zero-order chi connectivity index (χ0) is 14.3. The second kappa shape index (κ2) is 7.33. The molecule has 0 aromatic carbocycles. The summed E-state index contributed by atoms with van der Waals surface area (Å²) in [4.78, 5) is 23.1. The number of hydrogen-bond donors (Lipinski definition) is 1. The minimum absolute atomic E-state index is 0.0305. The second-order valence-electron chi connectivity index (χ2n) is 4.83. The van der Waals surface area contributed by atoms with Crippen molar-refractivity contribution >= 4 is 11.9 Å². The average Bonchev–Trinajstić information content (AvgIpc) is 2.32. The van der Waals surface area contributed by atoms with Crippen molar-refractivity contribution in [2.45, 2.75) is 33.9 Å². The molecule has 0 spiro atoms. The molecule has 2 atom stereocenters. The van der Waals surface area contributed by atoms with Crippen LogP contribution in [0.15, 0.2) is 0 Å². The molecular weight excluding hydrogens is 238 g/mol. The summed E-state index contributed by atoms with van der Waals surface area (Å²) < 4.78 is 15.0. The fraction of sp³-hybridized carbons (Fsp3) is 0.833.